The minimum Gasteiger partial charge on any atom is -0.319 e. The van der Waals surface area contributed by atoms with Crippen molar-refractivity contribution in [2.24, 2.45) is 0 Å². The molecule has 0 amide bonds. The van der Waals surface area contributed by atoms with Crippen LogP contribution in [0.4, 0.5) is 0 Å². The van der Waals surface area contributed by atoms with Crippen LogP contribution in [-0.4, -0.2) is 9.55 Å². The van der Waals surface area contributed by atoms with Gasteiger partial charge in [-0.1, -0.05) is 78.3 Å². The van der Waals surface area contributed by atoms with Gasteiger partial charge in [0.15, 0.2) is 0 Å². The maximum atomic E-state index is 4.91. The van der Waals surface area contributed by atoms with Crippen molar-refractivity contribution in [3.05, 3.63) is 88.4 Å². The molecular weight excluding hydrogens is 384 g/mol. The monoisotopic (exact) mass is 404 g/mol. The second kappa shape index (κ2) is 7.08. The van der Waals surface area contributed by atoms with Crippen LogP contribution < -0.4 is 0 Å². The SMILES string of the molecule is CC(C)c1ccc(Cn2c(-c3cccc(Br)c3)nc3ccccc32)cc1. The summed E-state index contributed by atoms with van der Waals surface area (Å²) in [6.07, 6.45) is 0. The molecule has 0 saturated heterocycles. The number of benzene rings is 3. The van der Waals surface area contributed by atoms with Gasteiger partial charge in [-0.3, -0.25) is 0 Å². The minimum absolute atomic E-state index is 0.551. The summed E-state index contributed by atoms with van der Waals surface area (Å²) in [5.41, 5.74) is 5.97. The Morgan fingerprint density at radius 3 is 2.42 bits per heavy atom. The van der Waals surface area contributed by atoms with Crippen molar-refractivity contribution in [3.63, 3.8) is 0 Å². The highest BCUT2D eigenvalue weighted by molar-refractivity contribution is 9.10. The number of para-hydroxylation sites is 2. The summed E-state index contributed by atoms with van der Waals surface area (Å²) in [6.45, 7) is 5.26. The lowest BCUT2D eigenvalue weighted by molar-refractivity contribution is 0.827. The van der Waals surface area contributed by atoms with E-state index in [0.29, 0.717) is 5.92 Å². The maximum absolute atomic E-state index is 4.91. The van der Waals surface area contributed by atoms with Crippen LogP contribution in [0, 0.1) is 0 Å². The highest BCUT2D eigenvalue weighted by Crippen LogP contribution is 2.28. The normalized spacial score (nSPS) is 11.4. The van der Waals surface area contributed by atoms with E-state index >= 15 is 0 Å². The predicted molar refractivity (Wildman–Crippen MR) is 113 cm³/mol. The quantitative estimate of drug-likeness (QED) is 0.372. The van der Waals surface area contributed by atoms with E-state index in [-0.39, 0.29) is 0 Å². The smallest absolute Gasteiger partial charge is 0.141 e. The number of hydrogen-bond acceptors (Lipinski definition) is 1. The molecule has 4 rings (SSSR count). The molecule has 0 spiro atoms. The molecule has 0 aliphatic rings. The molecule has 0 fully saturated rings. The first-order chi connectivity index (χ1) is 12.6. The van der Waals surface area contributed by atoms with Gasteiger partial charge in [0.1, 0.15) is 5.82 Å². The molecule has 1 heterocycles. The Balaban J connectivity index is 1.81. The largest absolute Gasteiger partial charge is 0.319 e. The van der Waals surface area contributed by atoms with Crippen molar-refractivity contribution in [2.45, 2.75) is 26.3 Å². The van der Waals surface area contributed by atoms with Crippen LogP contribution in [0.3, 0.4) is 0 Å². The fourth-order valence-electron chi connectivity index (χ4n) is 3.27. The van der Waals surface area contributed by atoms with E-state index in [4.69, 9.17) is 4.98 Å². The number of nitrogens with zero attached hydrogens (tertiary/aromatic N) is 2. The highest BCUT2D eigenvalue weighted by atomic mass is 79.9. The van der Waals surface area contributed by atoms with Gasteiger partial charge >= 0.3 is 0 Å². The molecule has 130 valence electrons. The van der Waals surface area contributed by atoms with E-state index in [9.17, 15) is 0 Å². The zero-order valence-corrected chi connectivity index (χ0v) is 16.6. The molecule has 0 N–H and O–H groups in total. The van der Waals surface area contributed by atoms with Gasteiger partial charge in [-0.25, -0.2) is 4.98 Å². The molecule has 0 aliphatic heterocycles. The summed E-state index contributed by atoms with van der Waals surface area (Å²) in [5.74, 6) is 1.55. The summed E-state index contributed by atoms with van der Waals surface area (Å²) in [6, 6.07) is 25.6. The van der Waals surface area contributed by atoms with E-state index in [1.807, 2.05) is 12.1 Å². The molecule has 2 nitrogen and oxygen atoms in total. The molecule has 0 atom stereocenters. The lowest BCUT2D eigenvalue weighted by atomic mass is 10.0. The van der Waals surface area contributed by atoms with Gasteiger partial charge in [0, 0.05) is 16.6 Å². The Labute approximate surface area is 162 Å². The number of halogens is 1. The van der Waals surface area contributed by atoms with Crippen molar-refractivity contribution in [1.29, 1.82) is 0 Å². The lowest BCUT2D eigenvalue weighted by Gasteiger charge is -2.11. The number of imidazole rings is 1. The van der Waals surface area contributed by atoms with Gasteiger partial charge in [0.05, 0.1) is 11.0 Å². The molecule has 0 unspecified atom stereocenters. The number of hydrogen-bond donors (Lipinski definition) is 0. The molecule has 0 aliphatic carbocycles. The molecular formula is C23H21BrN2. The van der Waals surface area contributed by atoms with Crippen LogP contribution in [0.25, 0.3) is 22.4 Å². The standard InChI is InChI=1S/C23H21BrN2/c1-16(2)18-12-10-17(11-13-18)15-26-22-9-4-3-8-21(22)25-23(26)19-6-5-7-20(24)14-19/h3-14,16H,15H2,1-2H3. The first-order valence-electron chi connectivity index (χ1n) is 8.92. The van der Waals surface area contributed by atoms with Gasteiger partial charge < -0.3 is 4.57 Å². The number of rotatable bonds is 4. The van der Waals surface area contributed by atoms with Crippen LogP contribution in [-0.2, 0) is 6.54 Å². The molecule has 0 saturated carbocycles. The highest BCUT2D eigenvalue weighted by Gasteiger charge is 2.13. The van der Waals surface area contributed by atoms with E-state index in [0.717, 1.165) is 33.4 Å². The Morgan fingerprint density at radius 1 is 0.923 bits per heavy atom. The Hall–Kier alpha value is -2.39. The molecule has 1 aromatic heterocycles. The second-order valence-corrected chi connectivity index (χ2v) is 7.83. The fraction of sp³-hybridized carbons (Fsp3) is 0.174. The van der Waals surface area contributed by atoms with Crippen LogP contribution in [0.15, 0.2) is 77.3 Å². The minimum atomic E-state index is 0.551. The summed E-state index contributed by atoms with van der Waals surface area (Å²) in [4.78, 5) is 4.91. The Bertz CT molecular complexity index is 1050. The van der Waals surface area contributed by atoms with Gasteiger partial charge in [-0.05, 0) is 41.3 Å². The molecule has 4 aromatic rings. The third kappa shape index (κ3) is 3.32. The third-order valence-corrected chi connectivity index (χ3v) is 5.22. The van der Waals surface area contributed by atoms with Gasteiger partial charge in [-0.2, -0.15) is 0 Å². The molecule has 3 heteroatoms. The summed E-state index contributed by atoms with van der Waals surface area (Å²) in [5, 5.41) is 0. The van der Waals surface area contributed by atoms with Crippen LogP contribution in [0.1, 0.15) is 30.9 Å². The van der Waals surface area contributed by atoms with E-state index in [2.05, 4.69) is 95.0 Å². The maximum Gasteiger partial charge on any atom is 0.141 e. The summed E-state index contributed by atoms with van der Waals surface area (Å²) < 4.78 is 3.37. The second-order valence-electron chi connectivity index (χ2n) is 6.92. The fourth-order valence-corrected chi connectivity index (χ4v) is 3.67. The Morgan fingerprint density at radius 2 is 1.69 bits per heavy atom. The Kier molecular flexibility index (Phi) is 4.64. The first-order valence-corrected chi connectivity index (χ1v) is 9.71. The molecule has 0 bridgehead atoms. The van der Waals surface area contributed by atoms with Crippen molar-refractivity contribution in [2.75, 3.05) is 0 Å². The van der Waals surface area contributed by atoms with Crippen molar-refractivity contribution >= 4 is 27.0 Å². The van der Waals surface area contributed by atoms with Crippen LogP contribution in [0.2, 0.25) is 0 Å². The molecule has 3 aromatic carbocycles. The summed E-state index contributed by atoms with van der Waals surface area (Å²) >= 11 is 3.58. The van der Waals surface area contributed by atoms with Crippen LogP contribution in [0.5, 0.6) is 0 Å². The number of fused-ring (bicyclic) bond motifs is 1. The van der Waals surface area contributed by atoms with Gasteiger partial charge in [0.25, 0.3) is 0 Å². The zero-order valence-electron chi connectivity index (χ0n) is 15.0. The molecule has 26 heavy (non-hydrogen) atoms. The average molecular weight is 405 g/mol. The predicted octanol–water partition coefficient (Wildman–Crippen LogP) is 6.64. The van der Waals surface area contributed by atoms with E-state index < -0.39 is 0 Å². The van der Waals surface area contributed by atoms with Gasteiger partial charge in [-0.15, -0.1) is 0 Å². The van der Waals surface area contributed by atoms with Crippen molar-refractivity contribution in [3.8, 4) is 11.4 Å². The van der Waals surface area contributed by atoms with Crippen molar-refractivity contribution < 1.29 is 0 Å². The zero-order chi connectivity index (χ0) is 18.1. The average Bonchev–Trinajstić information content (AvgIpc) is 3.01. The van der Waals surface area contributed by atoms with Gasteiger partial charge in [0.2, 0.25) is 0 Å². The third-order valence-electron chi connectivity index (χ3n) is 4.72. The van der Waals surface area contributed by atoms with E-state index in [1.165, 1.54) is 11.1 Å². The van der Waals surface area contributed by atoms with E-state index in [1.54, 1.807) is 0 Å². The number of aromatic nitrogens is 2. The lowest BCUT2D eigenvalue weighted by Crippen LogP contribution is -2.02. The summed E-state index contributed by atoms with van der Waals surface area (Å²) in [7, 11) is 0. The topological polar surface area (TPSA) is 17.8 Å². The molecule has 0 radical (unpaired) electrons. The van der Waals surface area contributed by atoms with Crippen LogP contribution >= 0.6 is 15.9 Å². The first kappa shape index (κ1) is 17.0. The van der Waals surface area contributed by atoms with Crippen molar-refractivity contribution in [1.82, 2.24) is 9.55 Å².